The number of nitrogens with one attached hydrogen (secondary N) is 1. The van der Waals surface area contributed by atoms with Gasteiger partial charge in [-0.1, -0.05) is 18.2 Å². The second-order valence-corrected chi connectivity index (χ2v) is 6.51. The monoisotopic (exact) mass is 260 g/mol. The van der Waals surface area contributed by atoms with Gasteiger partial charge in [0.1, 0.15) is 0 Å². The summed E-state index contributed by atoms with van der Waals surface area (Å²) in [6.45, 7) is 6.63. The van der Waals surface area contributed by atoms with Gasteiger partial charge in [-0.3, -0.25) is 4.90 Å². The van der Waals surface area contributed by atoms with E-state index in [0.717, 1.165) is 13.1 Å². The molecule has 1 aromatic rings. The van der Waals surface area contributed by atoms with Gasteiger partial charge in [0.15, 0.2) is 0 Å². The van der Waals surface area contributed by atoms with Gasteiger partial charge in [-0.25, -0.2) is 0 Å². The quantitative estimate of drug-likeness (QED) is 0.875. The molecule has 0 radical (unpaired) electrons. The summed E-state index contributed by atoms with van der Waals surface area (Å²) in [6, 6.07) is 7.10. The minimum absolute atomic E-state index is 0.185. The van der Waals surface area contributed by atoms with Crippen LogP contribution in [0.5, 0.6) is 0 Å². The zero-order valence-electron chi connectivity index (χ0n) is 12.9. The van der Waals surface area contributed by atoms with E-state index in [2.05, 4.69) is 49.3 Å². The topological polar surface area (TPSA) is 15.3 Å². The smallest absolute Gasteiger partial charge is 0.0278 e. The predicted molar refractivity (Wildman–Crippen MR) is 82.6 cm³/mol. The first-order valence-electron chi connectivity index (χ1n) is 7.49. The number of aryl methyl sites for hydroxylation is 2. The first-order valence-corrected chi connectivity index (χ1v) is 7.49. The van der Waals surface area contributed by atoms with Gasteiger partial charge in [0.25, 0.3) is 0 Å². The summed E-state index contributed by atoms with van der Waals surface area (Å²) in [5.41, 5.74) is 4.80. The Morgan fingerprint density at radius 2 is 1.84 bits per heavy atom. The van der Waals surface area contributed by atoms with Crippen molar-refractivity contribution in [2.24, 2.45) is 0 Å². The first-order chi connectivity index (χ1) is 9.03. The minimum atomic E-state index is 0.185. The molecule has 2 heteroatoms. The van der Waals surface area contributed by atoms with Crippen molar-refractivity contribution >= 4 is 0 Å². The number of fused-ring (bicyclic) bond motifs is 1. The van der Waals surface area contributed by atoms with Crippen molar-refractivity contribution in [2.45, 2.75) is 51.6 Å². The number of benzene rings is 1. The zero-order valence-corrected chi connectivity index (χ0v) is 12.9. The third kappa shape index (κ3) is 3.58. The Balaban J connectivity index is 2.07. The molecule has 0 heterocycles. The third-order valence-corrected chi connectivity index (χ3v) is 4.48. The molecule has 2 rings (SSSR count). The van der Waals surface area contributed by atoms with E-state index in [1.807, 2.05) is 7.05 Å². The summed E-state index contributed by atoms with van der Waals surface area (Å²) >= 11 is 0. The molecule has 1 aromatic carbocycles. The number of nitrogens with zero attached hydrogens (tertiary/aromatic N) is 1. The highest BCUT2D eigenvalue weighted by Gasteiger charge is 2.22. The van der Waals surface area contributed by atoms with Crippen molar-refractivity contribution < 1.29 is 0 Å². The maximum absolute atomic E-state index is 3.28. The van der Waals surface area contributed by atoms with Crippen molar-refractivity contribution in [1.29, 1.82) is 0 Å². The predicted octanol–water partition coefficient (Wildman–Crippen LogP) is 3.00. The largest absolute Gasteiger partial charge is 0.318 e. The first kappa shape index (κ1) is 14.5. The highest BCUT2D eigenvalue weighted by Crippen LogP contribution is 2.23. The molecule has 0 amide bonds. The Labute approximate surface area is 118 Å². The number of rotatable bonds is 5. The Morgan fingerprint density at radius 3 is 2.53 bits per heavy atom. The van der Waals surface area contributed by atoms with E-state index in [1.165, 1.54) is 31.2 Å². The van der Waals surface area contributed by atoms with E-state index in [-0.39, 0.29) is 5.54 Å². The van der Waals surface area contributed by atoms with E-state index in [0.29, 0.717) is 0 Å². The fourth-order valence-corrected chi connectivity index (χ4v) is 2.94. The van der Waals surface area contributed by atoms with Crippen LogP contribution in [0.3, 0.4) is 0 Å². The summed E-state index contributed by atoms with van der Waals surface area (Å²) in [7, 11) is 4.24. The van der Waals surface area contributed by atoms with E-state index in [9.17, 15) is 0 Å². The zero-order chi connectivity index (χ0) is 13.9. The highest BCUT2D eigenvalue weighted by atomic mass is 15.2. The maximum atomic E-state index is 3.28. The van der Waals surface area contributed by atoms with Gasteiger partial charge in [-0.05, 0) is 70.3 Å². The molecule has 2 nitrogen and oxygen atoms in total. The van der Waals surface area contributed by atoms with Crippen LogP contribution < -0.4 is 5.32 Å². The summed E-state index contributed by atoms with van der Waals surface area (Å²) in [5.74, 6) is 0. The SMILES string of the molecule is CNCC(C)(C)N(C)Cc1ccc2c(c1)CCCC2. The molecule has 1 aliphatic rings. The molecule has 0 atom stereocenters. The van der Waals surface area contributed by atoms with Crippen LogP contribution in [0.1, 0.15) is 43.4 Å². The molecule has 1 aliphatic carbocycles. The van der Waals surface area contributed by atoms with Crippen LogP contribution in [0.25, 0.3) is 0 Å². The van der Waals surface area contributed by atoms with E-state index in [1.54, 1.807) is 11.1 Å². The average Bonchev–Trinajstić information content (AvgIpc) is 2.38. The van der Waals surface area contributed by atoms with Crippen molar-refractivity contribution in [3.8, 4) is 0 Å². The van der Waals surface area contributed by atoms with Crippen molar-refractivity contribution in [1.82, 2.24) is 10.2 Å². The summed E-state index contributed by atoms with van der Waals surface area (Å²) in [4.78, 5) is 2.44. The molecule has 1 N–H and O–H groups in total. The second-order valence-electron chi connectivity index (χ2n) is 6.51. The van der Waals surface area contributed by atoms with Gasteiger partial charge in [-0.2, -0.15) is 0 Å². The minimum Gasteiger partial charge on any atom is -0.318 e. The summed E-state index contributed by atoms with van der Waals surface area (Å²) in [5, 5.41) is 3.28. The van der Waals surface area contributed by atoms with Crippen LogP contribution >= 0.6 is 0 Å². The van der Waals surface area contributed by atoms with Crippen LogP contribution in [-0.2, 0) is 19.4 Å². The molecule has 0 aromatic heterocycles. The van der Waals surface area contributed by atoms with Crippen LogP contribution in [0, 0.1) is 0 Å². The van der Waals surface area contributed by atoms with Crippen LogP contribution in [0.2, 0.25) is 0 Å². The summed E-state index contributed by atoms with van der Waals surface area (Å²) in [6.07, 6.45) is 5.27. The number of hydrogen-bond donors (Lipinski definition) is 1. The van der Waals surface area contributed by atoms with Gasteiger partial charge < -0.3 is 5.32 Å². The normalized spacial score (nSPS) is 15.6. The van der Waals surface area contributed by atoms with E-state index >= 15 is 0 Å². The van der Waals surface area contributed by atoms with Crippen molar-refractivity contribution in [2.75, 3.05) is 20.6 Å². The van der Waals surface area contributed by atoms with Crippen molar-refractivity contribution in [3.05, 3.63) is 34.9 Å². The van der Waals surface area contributed by atoms with Gasteiger partial charge in [0.2, 0.25) is 0 Å². The van der Waals surface area contributed by atoms with Gasteiger partial charge in [0.05, 0.1) is 0 Å². The Hall–Kier alpha value is -0.860. The average molecular weight is 260 g/mol. The molecule has 0 bridgehead atoms. The second kappa shape index (κ2) is 6.06. The highest BCUT2D eigenvalue weighted by molar-refractivity contribution is 5.33. The van der Waals surface area contributed by atoms with Gasteiger partial charge in [-0.15, -0.1) is 0 Å². The molecule has 106 valence electrons. The Bertz CT molecular complexity index is 423. The molecule has 0 saturated carbocycles. The molecule has 0 unspecified atom stereocenters. The van der Waals surface area contributed by atoms with Crippen LogP contribution in [0.4, 0.5) is 0 Å². The van der Waals surface area contributed by atoms with Crippen LogP contribution in [0.15, 0.2) is 18.2 Å². The summed E-state index contributed by atoms with van der Waals surface area (Å²) < 4.78 is 0. The molecule has 0 spiro atoms. The lowest BCUT2D eigenvalue weighted by Gasteiger charge is -2.35. The van der Waals surface area contributed by atoms with Gasteiger partial charge >= 0.3 is 0 Å². The van der Waals surface area contributed by atoms with Crippen molar-refractivity contribution in [3.63, 3.8) is 0 Å². The molecular weight excluding hydrogens is 232 g/mol. The lowest BCUT2D eigenvalue weighted by molar-refractivity contribution is 0.147. The van der Waals surface area contributed by atoms with E-state index in [4.69, 9.17) is 0 Å². The lowest BCUT2D eigenvalue weighted by atomic mass is 9.90. The number of likely N-dealkylation sites (N-methyl/N-ethyl adjacent to an activating group) is 2. The Morgan fingerprint density at radius 1 is 1.16 bits per heavy atom. The molecule has 0 fully saturated rings. The molecule has 0 saturated heterocycles. The maximum Gasteiger partial charge on any atom is 0.0278 e. The van der Waals surface area contributed by atoms with Gasteiger partial charge in [0, 0.05) is 18.6 Å². The molecule has 0 aliphatic heterocycles. The molecular formula is C17H28N2. The third-order valence-electron chi connectivity index (χ3n) is 4.48. The fourth-order valence-electron chi connectivity index (χ4n) is 2.94. The fraction of sp³-hybridized carbons (Fsp3) is 0.647. The standard InChI is InChI=1S/C17H28N2/c1-17(2,13-18-3)19(4)12-14-9-10-15-7-5-6-8-16(15)11-14/h9-11,18H,5-8,12-13H2,1-4H3. The Kier molecular flexibility index (Phi) is 4.64. The molecule has 19 heavy (non-hydrogen) atoms. The van der Waals surface area contributed by atoms with Crippen LogP contribution in [-0.4, -0.2) is 31.1 Å². The van der Waals surface area contributed by atoms with E-state index < -0.39 is 0 Å². The number of hydrogen-bond acceptors (Lipinski definition) is 2. The lowest BCUT2D eigenvalue weighted by Crippen LogP contribution is -2.47.